The summed E-state index contributed by atoms with van der Waals surface area (Å²) in [7, 11) is 1.75. The zero-order valence-corrected chi connectivity index (χ0v) is 22.3. The first kappa shape index (κ1) is 25.6. The summed E-state index contributed by atoms with van der Waals surface area (Å²) in [5.41, 5.74) is 1.82. The van der Waals surface area contributed by atoms with Crippen molar-refractivity contribution in [2.24, 2.45) is 5.92 Å². The smallest absolute Gasteiger partial charge is 0.246 e. The van der Waals surface area contributed by atoms with Crippen molar-refractivity contribution >= 4 is 39.8 Å². The number of thiazole rings is 1. The Labute approximate surface area is 221 Å². The molecule has 196 valence electrons. The number of hydrogen-bond acceptors (Lipinski definition) is 6. The quantitative estimate of drug-likeness (QED) is 0.385. The summed E-state index contributed by atoms with van der Waals surface area (Å²) in [6, 6.07) is 8.57. The highest BCUT2D eigenvalue weighted by molar-refractivity contribution is 7.10. The molecule has 1 aliphatic carbocycles. The molecule has 1 saturated heterocycles. The molecule has 3 aromatic rings. The Morgan fingerprint density at radius 3 is 2.65 bits per heavy atom. The highest BCUT2D eigenvalue weighted by Crippen LogP contribution is 2.36. The fourth-order valence-electron chi connectivity index (χ4n) is 5.60. The lowest BCUT2D eigenvalue weighted by atomic mass is 9.83. The molecule has 2 aromatic heterocycles. The van der Waals surface area contributed by atoms with E-state index in [9.17, 15) is 14.4 Å². The van der Waals surface area contributed by atoms with E-state index in [2.05, 4.69) is 15.6 Å². The maximum atomic E-state index is 13.9. The van der Waals surface area contributed by atoms with Gasteiger partial charge in [-0.15, -0.1) is 11.3 Å². The van der Waals surface area contributed by atoms with Gasteiger partial charge in [-0.1, -0.05) is 37.5 Å². The van der Waals surface area contributed by atoms with Crippen LogP contribution in [-0.4, -0.2) is 58.1 Å². The monoisotopic (exact) mass is 521 g/mol. The summed E-state index contributed by atoms with van der Waals surface area (Å²) in [6.07, 6.45) is 6.92. The number of ketones is 1. The molecule has 2 fully saturated rings. The van der Waals surface area contributed by atoms with E-state index in [0.29, 0.717) is 17.9 Å². The minimum Gasteiger partial charge on any atom is -0.352 e. The van der Waals surface area contributed by atoms with E-state index in [1.54, 1.807) is 19.4 Å². The number of nitrogens with zero attached hydrogens (tertiary/aromatic N) is 2. The largest absolute Gasteiger partial charge is 0.352 e. The first-order valence-corrected chi connectivity index (χ1v) is 14.2. The summed E-state index contributed by atoms with van der Waals surface area (Å²) >= 11 is 1.43. The second-order valence-corrected chi connectivity index (χ2v) is 11.1. The summed E-state index contributed by atoms with van der Waals surface area (Å²) in [6.45, 7) is 2.44. The van der Waals surface area contributed by atoms with E-state index < -0.39 is 6.04 Å². The number of carbonyl (C=O) groups is 3. The van der Waals surface area contributed by atoms with Crippen LogP contribution in [0.15, 0.2) is 35.7 Å². The topological polar surface area (TPSA) is 107 Å². The second-order valence-electron chi connectivity index (χ2n) is 10.3. The minimum absolute atomic E-state index is 0.0234. The molecular weight excluding hydrogens is 486 g/mol. The average Bonchev–Trinajstić information content (AvgIpc) is 3.69. The Hall–Kier alpha value is -3.04. The van der Waals surface area contributed by atoms with Crippen LogP contribution in [0.3, 0.4) is 0 Å². The van der Waals surface area contributed by atoms with Gasteiger partial charge in [-0.2, -0.15) is 0 Å². The molecule has 1 aromatic carbocycles. The molecule has 0 radical (unpaired) electrons. The highest BCUT2D eigenvalue weighted by atomic mass is 32.1. The van der Waals surface area contributed by atoms with E-state index >= 15 is 0 Å². The van der Waals surface area contributed by atoms with Gasteiger partial charge in [0.1, 0.15) is 16.7 Å². The number of benzene rings is 1. The molecular formula is C28H35N5O3S. The van der Waals surface area contributed by atoms with Gasteiger partial charge in [0.2, 0.25) is 17.6 Å². The van der Waals surface area contributed by atoms with Crippen LogP contribution < -0.4 is 10.6 Å². The molecule has 2 aliphatic rings. The van der Waals surface area contributed by atoms with Crippen LogP contribution in [0.2, 0.25) is 0 Å². The predicted molar refractivity (Wildman–Crippen MR) is 145 cm³/mol. The normalized spacial score (nSPS) is 20.2. The lowest BCUT2D eigenvalue weighted by molar-refractivity contribution is -0.139. The zero-order valence-electron chi connectivity index (χ0n) is 21.5. The standard InChI is InChI=1S/C28H35N5O3S/c1-17(29-2)26(35)32-24(18-9-4-3-5-10-18)28(36)33-14-8-13-23(33)27-31-22(16-37-27)25(34)21-15-19-11-6-7-12-20(19)30-21/h6-7,11-12,15-18,23-24,29-30H,3-5,8-10,13-14H2,1-2H3,(H,32,35)/t17?,23?,24-/m0/s1. The molecule has 0 bridgehead atoms. The third kappa shape index (κ3) is 5.33. The van der Waals surface area contributed by atoms with Gasteiger partial charge in [-0.25, -0.2) is 4.98 Å². The van der Waals surface area contributed by atoms with Crippen LogP contribution in [-0.2, 0) is 9.59 Å². The molecule has 37 heavy (non-hydrogen) atoms. The Kier molecular flexibility index (Phi) is 7.71. The van der Waals surface area contributed by atoms with Crippen LogP contribution in [0, 0.1) is 5.92 Å². The number of rotatable bonds is 8. The first-order valence-electron chi connectivity index (χ1n) is 13.3. The fourth-order valence-corrected chi connectivity index (χ4v) is 6.55. The molecule has 3 N–H and O–H groups in total. The molecule has 2 amide bonds. The van der Waals surface area contributed by atoms with E-state index in [-0.39, 0.29) is 35.6 Å². The highest BCUT2D eigenvalue weighted by Gasteiger charge is 2.40. The molecule has 1 saturated carbocycles. The maximum Gasteiger partial charge on any atom is 0.246 e. The molecule has 9 heteroatoms. The number of likely N-dealkylation sites (N-methyl/N-ethyl adjacent to an activating group) is 1. The van der Waals surface area contributed by atoms with Gasteiger partial charge in [-0.05, 0) is 57.7 Å². The Morgan fingerprint density at radius 2 is 1.89 bits per heavy atom. The van der Waals surface area contributed by atoms with Crippen molar-refractivity contribution in [3.8, 4) is 0 Å². The fraction of sp³-hybridized carbons (Fsp3) is 0.500. The van der Waals surface area contributed by atoms with Crippen LogP contribution in [0.4, 0.5) is 0 Å². The number of amides is 2. The van der Waals surface area contributed by atoms with Gasteiger partial charge in [0.05, 0.1) is 17.8 Å². The van der Waals surface area contributed by atoms with Gasteiger partial charge in [0.15, 0.2) is 0 Å². The zero-order chi connectivity index (χ0) is 25.9. The van der Waals surface area contributed by atoms with E-state index in [1.165, 1.54) is 17.8 Å². The summed E-state index contributed by atoms with van der Waals surface area (Å²) in [5, 5.41) is 9.60. The van der Waals surface area contributed by atoms with Gasteiger partial charge in [0, 0.05) is 22.8 Å². The first-order chi connectivity index (χ1) is 18.0. The molecule has 1 aliphatic heterocycles. The molecule has 3 atom stereocenters. The number of likely N-dealkylation sites (tertiary alicyclic amines) is 1. The molecule has 8 nitrogen and oxygen atoms in total. The van der Waals surface area contributed by atoms with E-state index in [1.807, 2.05) is 35.2 Å². The molecule has 3 heterocycles. The number of para-hydroxylation sites is 1. The van der Waals surface area contributed by atoms with Crippen LogP contribution in [0.25, 0.3) is 10.9 Å². The lowest BCUT2D eigenvalue weighted by Crippen LogP contribution is -2.55. The van der Waals surface area contributed by atoms with Gasteiger partial charge in [-0.3, -0.25) is 14.4 Å². The lowest BCUT2D eigenvalue weighted by Gasteiger charge is -2.35. The molecule has 0 spiro atoms. The van der Waals surface area contributed by atoms with Crippen molar-refractivity contribution in [2.45, 2.75) is 70.0 Å². The Morgan fingerprint density at radius 1 is 1.11 bits per heavy atom. The van der Waals surface area contributed by atoms with Crippen molar-refractivity contribution in [3.63, 3.8) is 0 Å². The van der Waals surface area contributed by atoms with Crippen molar-refractivity contribution in [1.29, 1.82) is 0 Å². The van der Waals surface area contributed by atoms with Crippen LogP contribution in [0.5, 0.6) is 0 Å². The number of hydrogen-bond donors (Lipinski definition) is 3. The number of fused-ring (bicyclic) bond motifs is 1. The van der Waals surface area contributed by atoms with Gasteiger partial charge >= 0.3 is 0 Å². The SMILES string of the molecule is CNC(C)C(=O)N[C@H](C(=O)N1CCCC1c1nc(C(=O)c2cc3ccccc3[nH]2)cs1)C1CCCCC1. The number of carbonyl (C=O) groups excluding carboxylic acids is 3. The number of nitrogens with one attached hydrogen (secondary N) is 3. The third-order valence-electron chi connectivity index (χ3n) is 7.86. The number of H-pyrrole nitrogens is 1. The maximum absolute atomic E-state index is 13.9. The Bertz CT molecular complexity index is 1240. The van der Waals surface area contributed by atoms with Crippen molar-refractivity contribution < 1.29 is 14.4 Å². The third-order valence-corrected chi connectivity index (χ3v) is 8.81. The van der Waals surface area contributed by atoms with Crippen molar-refractivity contribution in [3.05, 3.63) is 52.1 Å². The Balaban J connectivity index is 1.35. The average molecular weight is 522 g/mol. The molecule has 5 rings (SSSR count). The summed E-state index contributed by atoms with van der Waals surface area (Å²) in [5.74, 6) is -0.179. The van der Waals surface area contributed by atoms with Gasteiger partial charge in [0.25, 0.3) is 0 Å². The van der Waals surface area contributed by atoms with Crippen molar-refractivity contribution in [2.75, 3.05) is 13.6 Å². The second kappa shape index (κ2) is 11.1. The van der Waals surface area contributed by atoms with Crippen molar-refractivity contribution in [1.82, 2.24) is 25.5 Å². The number of aromatic nitrogens is 2. The van der Waals surface area contributed by atoms with Crippen LogP contribution >= 0.6 is 11.3 Å². The van der Waals surface area contributed by atoms with E-state index in [4.69, 9.17) is 4.98 Å². The number of aromatic amines is 1. The minimum atomic E-state index is -0.531. The summed E-state index contributed by atoms with van der Waals surface area (Å²) in [4.78, 5) is 49.7. The molecule has 2 unspecified atom stereocenters. The van der Waals surface area contributed by atoms with Crippen LogP contribution in [0.1, 0.15) is 79.1 Å². The predicted octanol–water partition coefficient (Wildman–Crippen LogP) is 4.19. The van der Waals surface area contributed by atoms with Gasteiger partial charge < -0.3 is 20.5 Å². The summed E-state index contributed by atoms with van der Waals surface area (Å²) < 4.78 is 0. The van der Waals surface area contributed by atoms with E-state index in [0.717, 1.165) is 54.4 Å².